The summed E-state index contributed by atoms with van der Waals surface area (Å²) >= 11 is 7.36. The molecule has 0 bridgehead atoms. The van der Waals surface area contributed by atoms with Crippen LogP contribution in [0.5, 0.6) is 0 Å². The normalized spacial score (nSPS) is 14.8. The van der Waals surface area contributed by atoms with Gasteiger partial charge in [-0.15, -0.1) is 10.2 Å². The second-order valence-corrected chi connectivity index (χ2v) is 8.56. The maximum Gasteiger partial charge on any atom is 0.277 e. The largest absolute Gasteiger partial charge is 0.416 e. The lowest BCUT2D eigenvalue weighted by atomic mass is 10.2. The number of carbonyl (C=O) groups excluding carboxylic acids is 1. The van der Waals surface area contributed by atoms with Crippen LogP contribution in [0.2, 0.25) is 5.02 Å². The number of rotatable bonds is 7. The van der Waals surface area contributed by atoms with E-state index in [1.165, 1.54) is 17.3 Å². The zero-order chi connectivity index (χ0) is 20.8. The van der Waals surface area contributed by atoms with E-state index >= 15 is 0 Å². The molecule has 2 heterocycles. The molecule has 2 aromatic carbocycles. The molecule has 1 saturated heterocycles. The van der Waals surface area contributed by atoms with Crippen molar-refractivity contribution in [2.75, 3.05) is 31.9 Å². The van der Waals surface area contributed by atoms with Crippen LogP contribution in [0.15, 0.2) is 64.2 Å². The molecule has 156 valence electrons. The van der Waals surface area contributed by atoms with E-state index in [4.69, 9.17) is 16.0 Å². The molecular formula is C22H23ClN4O2S. The van der Waals surface area contributed by atoms with Crippen LogP contribution in [0.1, 0.15) is 17.0 Å². The van der Waals surface area contributed by atoms with Crippen molar-refractivity contribution in [2.24, 2.45) is 0 Å². The predicted octanol–water partition coefficient (Wildman–Crippen LogP) is 3.75. The molecule has 0 N–H and O–H groups in total. The van der Waals surface area contributed by atoms with E-state index in [1.54, 1.807) is 0 Å². The number of aromatic nitrogens is 2. The molecule has 1 amide bonds. The number of piperazine rings is 1. The molecule has 4 rings (SSSR count). The molecular weight excluding hydrogens is 420 g/mol. The summed E-state index contributed by atoms with van der Waals surface area (Å²) in [6.07, 6.45) is 0.594. The third-order valence-electron chi connectivity index (χ3n) is 4.99. The molecule has 1 aromatic heterocycles. The highest BCUT2D eigenvalue weighted by atomic mass is 35.5. The lowest BCUT2D eigenvalue weighted by Crippen LogP contribution is -2.48. The van der Waals surface area contributed by atoms with Crippen LogP contribution in [-0.4, -0.2) is 57.8 Å². The fourth-order valence-electron chi connectivity index (χ4n) is 3.40. The Kier molecular flexibility index (Phi) is 7.04. The predicted molar refractivity (Wildman–Crippen MR) is 118 cm³/mol. The number of nitrogens with zero attached hydrogens (tertiary/aromatic N) is 4. The van der Waals surface area contributed by atoms with Crippen LogP contribution in [-0.2, 0) is 17.8 Å². The zero-order valence-corrected chi connectivity index (χ0v) is 18.1. The van der Waals surface area contributed by atoms with Gasteiger partial charge in [-0.3, -0.25) is 9.69 Å². The van der Waals surface area contributed by atoms with Gasteiger partial charge in [-0.05, 0) is 23.3 Å². The standard InChI is InChI=1S/C22H23ClN4O2S/c23-19-8-4-7-18(13-19)15-26-9-11-27(12-10-26)21(28)16-30-22-25-24-20(29-22)14-17-5-2-1-3-6-17/h1-8,13H,9-12,14-16H2. The molecule has 0 unspecified atom stereocenters. The first-order chi connectivity index (χ1) is 14.7. The van der Waals surface area contributed by atoms with E-state index in [2.05, 4.69) is 21.2 Å². The molecule has 3 aromatic rings. The Bertz CT molecular complexity index is 974. The minimum Gasteiger partial charge on any atom is -0.416 e. The van der Waals surface area contributed by atoms with Crippen molar-refractivity contribution in [3.8, 4) is 0 Å². The molecule has 1 aliphatic heterocycles. The van der Waals surface area contributed by atoms with E-state index in [0.717, 1.165) is 43.3 Å². The van der Waals surface area contributed by atoms with Gasteiger partial charge in [0, 0.05) is 37.7 Å². The quantitative estimate of drug-likeness (QED) is 0.519. The molecule has 6 nitrogen and oxygen atoms in total. The van der Waals surface area contributed by atoms with E-state index in [0.29, 0.717) is 23.3 Å². The number of hydrogen-bond acceptors (Lipinski definition) is 6. The van der Waals surface area contributed by atoms with Crippen LogP contribution in [0.3, 0.4) is 0 Å². The number of amides is 1. The lowest BCUT2D eigenvalue weighted by Gasteiger charge is -2.34. The number of carbonyl (C=O) groups is 1. The van der Waals surface area contributed by atoms with Crippen molar-refractivity contribution in [3.63, 3.8) is 0 Å². The van der Waals surface area contributed by atoms with Crippen LogP contribution in [0.25, 0.3) is 0 Å². The van der Waals surface area contributed by atoms with Gasteiger partial charge < -0.3 is 9.32 Å². The first kappa shape index (κ1) is 20.9. The van der Waals surface area contributed by atoms with E-state index < -0.39 is 0 Å². The Morgan fingerprint density at radius 1 is 1.00 bits per heavy atom. The minimum atomic E-state index is 0.102. The summed E-state index contributed by atoms with van der Waals surface area (Å²) in [6, 6.07) is 17.9. The topological polar surface area (TPSA) is 62.5 Å². The van der Waals surface area contributed by atoms with Crippen molar-refractivity contribution < 1.29 is 9.21 Å². The average Bonchev–Trinajstić information content (AvgIpc) is 3.20. The average molecular weight is 443 g/mol. The van der Waals surface area contributed by atoms with Gasteiger partial charge in [-0.25, -0.2) is 0 Å². The van der Waals surface area contributed by atoms with E-state index in [9.17, 15) is 4.79 Å². The van der Waals surface area contributed by atoms with Gasteiger partial charge in [0.25, 0.3) is 5.22 Å². The minimum absolute atomic E-state index is 0.102. The molecule has 0 saturated carbocycles. The van der Waals surface area contributed by atoms with Gasteiger partial charge in [-0.2, -0.15) is 0 Å². The molecule has 0 aliphatic carbocycles. The molecule has 8 heteroatoms. The Balaban J connectivity index is 1.21. The maximum atomic E-state index is 12.6. The van der Waals surface area contributed by atoms with E-state index in [1.807, 2.05) is 53.4 Å². The highest BCUT2D eigenvalue weighted by Gasteiger charge is 2.22. The molecule has 30 heavy (non-hydrogen) atoms. The summed E-state index contributed by atoms with van der Waals surface area (Å²) in [6.45, 7) is 4.00. The highest BCUT2D eigenvalue weighted by Crippen LogP contribution is 2.19. The van der Waals surface area contributed by atoms with Crippen molar-refractivity contribution in [3.05, 3.63) is 76.6 Å². The molecule has 0 spiro atoms. The third-order valence-corrected chi connectivity index (χ3v) is 6.02. The summed E-state index contributed by atoms with van der Waals surface area (Å²) in [5, 5.41) is 9.33. The van der Waals surface area contributed by atoms with Gasteiger partial charge >= 0.3 is 0 Å². The summed E-state index contributed by atoms with van der Waals surface area (Å²) in [5.74, 6) is 0.970. The van der Waals surface area contributed by atoms with Gasteiger partial charge in [0.05, 0.1) is 12.2 Å². The van der Waals surface area contributed by atoms with Crippen molar-refractivity contribution >= 4 is 29.3 Å². The highest BCUT2D eigenvalue weighted by molar-refractivity contribution is 7.99. The van der Waals surface area contributed by atoms with Crippen molar-refractivity contribution in [1.82, 2.24) is 20.0 Å². The summed E-state index contributed by atoms with van der Waals surface area (Å²) < 4.78 is 5.67. The Morgan fingerprint density at radius 3 is 2.53 bits per heavy atom. The fraction of sp³-hybridized carbons (Fsp3) is 0.318. The van der Waals surface area contributed by atoms with Gasteiger partial charge in [0.1, 0.15) is 0 Å². The number of benzene rings is 2. The lowest BCUT2D eigenvalue weighted by molar-refractivity contribution is -0.130. The van der Waals surface area contributed by atoms with Crippen LogP contribution < -0.4 is 0 Å². The van der Waals surface area contributed by atoms with Gasteiger partial charge in [0.2, 0.25) is 11.8 Å². The first-order valence-electron chi connectivity index (χ1n) is 9.89. The van der Waals surface area contributed by atoms with Crippen molar-refractivity contribution in [2.45, 2.75) is 18.2 Å². The smallest absolute Gasteiger partial charge is 0.277 e. The Morgan fingerprint density at radius 2 is 1.77 bits per heavy atom. The summed E-state index contributed by atoms with van der Waals surface area (Å²) in [5.41, 5.74) is 2.31. The second-order valence-electron chi connectivity index (χ2n) is 7.20. The molecule has 0 atom stereocenters. The molecule has 1 fully saturated rings. The van der Waals surface area contributed by atoms with Gasteiger partial charge in [0.15, 0.2) is 0 Å². The Hall–Kier alpha value is -2.35. The SMILES string of the molecule is O=C(CSc1nnc(Cc2ccccc2)o1)N1CCN(Cc2cccc(Cl)c2)CC1. The fourth-order valence-corrected chi connectivity index (χ4v) is 4.30. The number of halogens is 1. The van der Waals surface area contributed by atoms with Crippen LogP contribution >= 0.6 is 23.4 Å². The molecule has 1 aliphatic rings. The number of thioether (sulfide) groups is 1. The van der Waals surface area contributed by atoms with E-state index in [-0.39, 0.29) is 5.91 Å². The zero-order valence-electron chi connectivity index (χ0n) is 16.5. The first-order valence-corrected chi connectivity index (χ1v) is 11.3. The maximum absolute atomic E-state index is 12.6. The molecule has 0 radical (unpaired) electrons. The van der Waals surface area contributed by atoms with Crippen LogP contribution in [0.4, 0.5) is 0 Å². The second kappa shape index (κ2) is 10.1. The number of hydrogen-bond donors (Lipinski definition) is 0. The monoisotopic (exact) mass is 442 g/mol. The summed E-state index contributed by atoms with van der Waals surface area (Å²) in [4.78, 5) is 16.8. The Labute approximate surface area is 185 Å². The summed E-state index contributed by atoms with van der Waals surface area (Å²) in [7, 11) is 0. The van der Waals surface area contributed by atoms with Crippen LogP contribution in [0, 0.1) is 0 Å². The van der Waals surface area contributed by atoms with Gasteiger partial charge in [-0.1, -0.05) is 65.8 Å². The third kappa shape index (κ3) is 5.84. The van der Waals surface area contributed by atoms with Crippen molar-refractivity contribution in [1.29, 1.82) is 0 Å².